The molecule has 0 bridgehead atoms. The van der Waals surface area contributed by atoms with Crippen LogP contribution in [0.5, 0.6) is 0 Å². The zero-order valence-corrected chi connectivity index (χ0v) is 10.9. The molecule has 2 rings (SSSR count). The SMILES string of the molecule is CC1(C)CC(NC(=O)C2(C(N)=NO)CC2)CCO1. The number of nitrogens with zero attached hydrogens (tertiary/aromatic N) is 1. The van der Waals surface area contributed by atoms with E-state index in [9.17, 15) is 4.79 Å². The van der Waals surface area contributed by atoms with E-state index in [1.54, 1.807) is 0 Å². The van der Waals surface area contributed by atoms with Crippen molar-refractivity contribution in [2.24, 2.45) is 16.3 Å². The summed E-state index contributed by atoms with van der Waals surface area (Å²) in [7, 11) is 0. The van der Waals surface area contributed by atoms with Gasteiger partial charge in [-0.1, -0.05) is 5.16 Å². The average Bonchev–Trinajstić information content (AvgIpc) is 3.07. The Labute approximate surface area is 107 Å². The highest BCUT2D eigenvalue weighted by atomic mass is 16.5. The molecule has 1 unspecified atom stereocenters. The molecular formula is C12H21N3O3. The summed E-state index contributed by atoms with van der Waals surface area (Å²) < 4.78 is 5.61. The van der Waals surface area contributed by atoms with Crippen LogP contribution in [-0.4, -0.2) is 35.2 Å². The lowest BCUT2D eigenvalue weighted by molar-refractivity contribution is -0.127. The summed E-state index contributed by atoms with van der Waals surface area (Å²) in [4.78, 5) is 12.2. The quantitative estimate of drug-likeness (QED) is 0.297. The minimum absolute atomic E-state index is 0.0197. The molecule has 18 heavy (non-hydrogen) atoms. The number of hydrogen-bond donors (Lipinski definition) is 3. The average molecular weight is 255 g/mol. The number of carbonyl (C=O) groups excluding carboxylic acids is 1. The molecule has 6 heteroatoms. The maximum atomic E-state index is 12.2. The maximum Gasteiger partial charge on any atom is 0.234 e. The molecule has 0 spiro atoms. The van der Waals surface area contributed by atoms with Gasteiger partial charge < -0.3 is 21.0 Å². The summed E-state index contributed by atoms with van der Waals surface area (Å²) in [6, 6.07) is 0.102. The molecule has 4 N–H and O–H groups in total. The van der Waals surface area contributed by atoms with Crippen LogP contribution in [0.25, 0.3) is 0 Å². The summed E-state index contributed by atoms with van der Waals surface area (Å²) >= 11 is 0. The van der Waals surface area contributed by atoms with Gasteiger partial charge in [0.15, 0.2) is 5.84 Å². The number of carbonyl (C=O) groups is 1. The fourth-order valence-electron chi connectivity index (χ4n) is 2.50. The van der Waals surface area contributed by atoms with E-state index in [0.717, 1.165) is 12.8 Å². The fraction of sp³-hybridized carbons (Fsp3) is 0.833. The highest BCUT2D eigenvalue weighted by molar-refractivity contribution is 6.09. The zero-order chi connectivity index (χ0) is 13.4. The van der Waals surface area contributed by atoms with E-state index in [2.05, 4.69) is 10.5 Å². The van der Waals surface area contributed by atoms with Gasteiger partial charge in [0.25, 0.3) is 0 Å². The van der Waals surface area contributed by atoms with Gasteiger partial charge in [-0.15, -0.1) is 0 Å². The monoisotopic (exact) mass is 255 g/mol. The smallest absolute Gasteiger partial charge is 0.234 e. The molecule has 2 fully saturated rings. The van der Waals surface area contributed by atoms with Crippen molar-refractivity contribution in [3.63, 3.8) is 0 Å². The van der Waals surface area contributed by atoms with Gasteiger partial charge in [0.1, 0.15) is 5.41 Å². The highest BCUT2D eigenvalue weighted by Gasteiger charge is 2.54. The number of amidine groups is 1. The Bertz CT molecular complexity index is 375. The third-order valence-electron chi connectivity index (χ3n) is 3.82. The molecule has 1 heterocycles. The van der Waals surface area contributed by atoms with E-state index in [0.29, 0.717) is 19.4 Å². The van der Waals surface area contributed by atoms with Gasteiger partial charge in [0, 0.05) is 12.6 Å². The number of rotatable bonds is 3. The first-order chi connectivity index (χ1) is 8.39. The molecular weight excluding hydrogens is 234 g/mol. The molecule has 2 aliphatic rings. The topological polar surface area (TPSA) is 96.9 Å². The van der Waals surface area contributed by atoms with Crippen LogP contribution in [0.4, 0.5) is 0 Å². The molecule has 0 aromatic carbocycles. The van der Waals surface area contributed by atoms with Gasteiger partial charge in [-0.3, -0.25) is 4.79 Å². The van der Waals surface area contributed by atoms with Crippen LogP contribution in [0.3, 0.4) is 0 Å². The van der Waals surface area contributed by atoms with Crippen molar-refractivity contribution in [3.05, 3.63) is 0 Å². The van der Waals surface area contributed by atoms with Gasteiger partial charge in [0.05, 0.1) is 5.60 Å². The predicted octanol–water partition coefficient (Wildman–Crippen LogP) is 0.587. The molecule has 1 amide bonds. The van der Waals surface area contributed by atoms with Crippen LogP contribution in [0.15, 0.2) is 5.16 Å². The second-order valence-electron chi connectivity index (χ2n) is 5.84. The van der Waals surface area contributed by atoms with E-state index in [1.165, 1.54) is 0 Å². The Balaban J connectivity index is 1.96. The Morgan fingerprint density at radius 1 is 1.50 bits per heavy atom. The number of nitrogens with one attached hydrogen (secondary N) is 1. The maximum absolute atomic E-state index is 12.2. The first-order valence-corrected chi connectivity index (χ1v) is 6.33. The van der Waals surface area contributed by atoms with Crippen molar-refractivity contribution in [1.82, 2.24) is 5.32 Å². The Hall–Kier alpha value is -1.30. The van der Waals surface area contributed by atoms with Gasteiger partial charge in [-0.2, -0.15) is 0 Å². The number of hydrogen-bond acceptors (Lipinski definition) is 4. The van der Waals surface area contributed by atoms with Gasteiger partial charge in [0.2, 0.25) is 5.91 Å². The molecule has 102 valence electrons. The number of ether oxygens (including phenoxy) is 1. The molecule has 6 nitrogen and oxygen atoms in total. The standard InChI is InChI=1S/C12H21N3O3/c1-11(2)7-8(3-6-18-11)14-10(16)12(4-5-12)9(13)15-17/h8,17H,3-7H2,1-2H3,(H2,13,15)(H,14,16). The zero-order valence-electron chi connectivity index (χ0n) is 10.9. The van der Waals surface area contributed by atoms with E-state index < -0.39 is 5.41 Å². The van der Waals surface area contributed by atoms with Crippen LogP contribution in [-0.2, 0) is 9.53 Å². The van der Waals surface area contributed by atoms with Crippen molar-refractivity contribution >= 4 is 11.7 Å². The van der Waals surface area contributed by atoms with Crippen LogP contribution >= 0.6 is 0 Å². The van der Waals surface area contributed by atoms with E-state index in [4.69, 9.17) is 15.7 Å². The van der Waals surface area contributed by atoms with Crippen LogP contribution < -0.4 is 11.1 Å². The fourth-order valence-corrected chi connectivity index (χ4v) is 2.50. The van der Waals surface area contributed by atoms with Gasteiger partial charge >= 0.3 is 0 Å². The molecule has 1 aliphatic carbocycles. The van der Waals surface area contributed by atoms with Crippen LogP contribution in [0, 0.1) is 5.41 Å². The third-order valence-corrected chi connectivity index (χ3v) is 3.82. The normalized spacial score (nSPS) is 29.7. The lowest BCUT2D eigenvalue weighted by Gasteiger charge is -2.36. The minimum Gasteiger partial charge on any atom is -0.409 e. The Morgan fingerprint density at radius 3 is 2.67 bits per heavy atom. The van der Waals surface area contributed by atoms with E-state index >= 15 is 0 Å². The van der Waals surface area contributed by atoms with Gasteiger partial charge in [-0.05, 0) is 39.5 Å². The van der Waals surface area contributed by atoms with Crippen molar-refractivity contribution in [2.75, 3.05) is 6.61 Å². The lowest BCUT2D eigenvalue weighted by atomic mass is 9.93. The molecule has 1 aliphatic heterocycles. The van der Waals surface area contributed by atoms with Crippen molar-refractivity contribution < 1.29 is 14.7 Å². The number of amides is 1. The summed E-state index contributed by atoms with van der Waals surface area (Å²) in [5.41, 5.74) is 4.62. The van der Waals surface area contributed by atoms with Crippen molar-refractivity contribution in [1.29, 1.82) is 0 Å². The first-order valence-electron chi connectivity index (χ1n) is 6.33. The number of nitrogens with two attached hydrogens (primary N) is 1. The third kappa shape index (κ3) is 2.43. The second-order valence-corrected chi connectivity index (χ2v) is 5.84. The lowest BCUT2D eigenvalue weighted by Crippen LogP contribution is -2.50. The summed E-state index contributed by atoms with van der Waals surface area (Å²) in [6.45, 7) is 4.68. The van der Waals surface area contributed by atoms with E-state index in [-0.39, 0.29) is 23.4 Å². The minimum atomic E-state index is -0.767. The second kappa shape index (κ2) is 4.42. The number of oxime groups is 1. The van der Waals surface area contributed by atoms with E-state index in [1.807, 2.05) is 13.8 Å². The van der Waals surface area contributed by atoms with Gasteiger partial charge in [-0.25, -0.2) is 0 Å². The van der Waals surface area contributed by atoms with Crippen molar-refractivity contribution in [2.45, 2.75) is 51.2 Å². The van der Waals surface area contributed by atoms with Crippen molar-refractivity contribution in [3.8, 4) is 0 Å². The first kappa shape index (κ1) is 13.1. The summed E-state index contributed by atoms with van der Waals surface area (Å²) in [5.74, 6) is -0.105. The predicted molar refractivity (Wildman–Crippen MR) is 66.3 cm³/mol. The molecule has 1 saturated carbocycles. The van der Waals surface area contributed by atoms with Crippen LogP contribution in [0.1, 0.15) is 39.5 Å². The molecule has 0 radical (unpaired) electrons. The summed E-state index contributed by atoms with van der Waals surface area (Å²) in [6.07, 6.45) is 2.90. The molecule has 1 saturated heterocycles. The molecule has 1 atom stereocenters. The Morgan fingerprint density at radius 2 is 2.17 bits per heavy atom. The highest BCUT2D eigenvalue weighted by Crippen LogP contribution is 2.46. The molecule has 0 aromatic heterocycles. The Kier molecular flexibility index (Phi) is 3.23. The largest absolute Gasteiger partial charge is 0.409 e. The summed E-state index contributed by atoms with van der Waals surface area (Å²) in [5, 5.41) is 14.7. The molecule has 0 aromatic rings. The van der Waals surface area contributed by atoms with Crippen LogP contribution in [0.2, 0.25) is 0 Å².